The molecule has 0 fully saturated rings. The Balaban J connectivity index is 0.862. The quantitative estimate of drug-likeness (QED) is 0.0206. The van der Waals surface area contributed by atoms with Gasteiger partial charge in [-0.05, 0) is 186 Å². The van der Waals surface area contributed by atoms with Crippen LogP contribution in [0, 0.1) is 38.2 Å². The standard InChI is InChI=1S/C72H60F12N12O9S3/c1-40-58(106(103)52-22-16-46(73)17-23-52)37-55(64(100)94(40)49-13-4-10-43(34-49)70(76,77)78)61(97)85-28-7-31-88-67-91-68(89-32-8-29-86-62(98)56-38-59(107(104)53-24-18-47(74)19-25-53)41(2)95(65(56)101)50-14-5-11-44(35-50)71(79,80)81)93-69(92-67)90-33-9-30-87-63(99)57-39-60(108(105)54-26-20-48(75)21-27-54)42(3)96(66(57)102)51-15-6-12-45(36-51)72(82,83)84/h4-6,10-27,34-39H,7-9,28-33H2,1-3H3,(H,85,97)(H,86,98)(H,87,99)(H3,88,89,90,91,92,93). The van der Waals surface area contributed by atoms with Crippen LogP contribution in [0.4, 0.5) is 70.5 Å². The number of carbonyl (C=O) groups is 3. The van der Waals surface area contributed by atoms with Gasteiger partial charge in [0, 0.05) is 88.1 Å². The van der Waals surface area contributed by atoms with Gasteiger partial charge in [0.15, 0.2) is 0 Å². The summed E-state index contributed by atoms with van der Waals surface area (Å²) in [6.45, 7) is 3.25. The zero-order valence-corrected chi connectivity index (χ0v) is 59.0. The minimum absolute atomic E-state index is 0.0365. The van der Waals surface area contributed by atoms with E-state index in [9.17, 15) is 94.1 Å². The van der Waals surface area contributed by atoms with Gasteiger partial charge in [0.05, 0.1) is 63.8 Å². The highest BCUT2D eigenvalue weighted by atomic mass is 32.2. The molecule has 564 valence electrons. The van der Waals surface area contributed by atoms with Gasteiger partial charge in [-0.25, -0.2) is 25.8 Å². The molecule has 0 bridgehead atoms. The SMILES string of the molecule is Cc1c(S(=O)c2ccc(F)cc2)cc(C(=O)NCCCNc2nc(NCCCNC(=O)c3cc(S(=O)c4ccc(F)cc4)c(C)n(-c4cccc(C(F)(F)F)c4)c3=O)nc(NCCCNC(=O)c3cc(S(=O)c4ccc(F)cc4)c(C)n(-c4cccc(C(F)(F)F)c4)c3=O)n2)c(=O)n1-c1cccc(C(F)(F)F)c1. The lowest BCUT2D eigenvalue weighted by atomic mass is 10.1. The molecule has 6 N–H and O–H groups in total. The third-order valence-corrected chi connectivity index (χ3v) is 20.9. The molecule has 4 heterocycles. The van der Waals surface area contributed by atoms with E-state index in [0.717, 1.165) is 105 Å². The molecular formula is C72H60F12N12O9S3. The van der Waals surface area contributed by atoms with Crippen LogP contribution in [0.25, 0.3) is 17.1 Å². The Morgan fingerprint density at radius 3 is 0.833 bits per heavy atom. The van der Waals surface area contributed by atoms with Crippen molar-refractivity contribution >= 4 is 68.0 Å². The second-order valence-corrected chi connectivity index (χ2v) is 28.0. The fourth-order valence-electron chi connectivity index (χ4n) is 10.9. The highest BCUT2D eigenvalue weighted by molar-refractivity contribution is 7.85. The number of nitrogens with zero attached hydrogens (tertiary/aromatic N) is 6. The van der Waals surface area contributed by atoms with E-state index in [1.54, 1.807) is 0 Å². The fourth-order valence-corrected chi connectivity index (χ4v) is 14.6. The molecule has 21 nitrogen and oxygen atoms in total. The van der Waals surface area contributed by atoms with E-state index in [0.29, 0.717) is 18.2 Å². The first-order chi connectivity index (χ1) is 51.2. The number of nitrogens with one attached hydrogen (secondary N) is 6. The highest BCUT2D eigenvalue weighted by Gasteiger charge is 2.35. The van der Waals surface area contributed by atoms with E-state index < -0.39 is 136 Å². The summed E-state index contributed by atoms with van der Waals surface area (Å²) in [6.07, 6.45) is -14.4. The molecule has 0 aliphatic carbocycles. The predicted molar refractivity (Wildman–Crippen MR) is 375 cm³/mol. The van der Waals surface area contributed by atoms with Gasteiger partial charge in [-0.15, -0.1) is 0 Å². The number of rotatable bonds is 27. The number of hydrogen-bond donors (Lipinski definition) is 6. The lowest BCUT2D eigenvalue weighted by Gasteiger charge is -2.18. The van der Waals surface area contributed by atoms with Gasteiger partial charge in [0.2, 0.25) is 17.8 Å². The van der Waals surface area contributed by atoms with Gasteiger partial charge in [-0.1, -0.05) is 18.2 Å². The van der Waals surface area contributed by atoms with E-state index in [2.05, 4.69) is 46.9 Å². The van der Waals surface area contributed by atoms with Crippen LogP contribution in [0.3, 0.4) is 0 Å². The summed E-state index contributed by atoms with van der Waals surface area (Å²) in [5.41, 5.74) is -9.66. The molecule has 36 heteroatoms. The van der Waals surface area contributed by atoms with E-state index in [1.807, 2.05) is 0 Å². The smallest absolute Gasteiger partial charge is 0.354 e. The molecule has 0 radical (unpaired) electrons. The molecule has 0 spiro atoms. The van der Waals surface area contributed by atoms with Crippen LogP contribution in [0.15, 0.2) is 208 Å². The molecule has 3 unspecified atom stereocenters. The lowest BCUT2D eigenvalue weighted by Crippen LogP contribution is -2.35. The largest absolute Gasteiger partial charge is 0.416 e. The molecule has 10 rings (SSSR count). The fraction of sp³-hybridized carbons (Fsp3) is 0.208. The Hall–Kier alpha value is -11.4. The Kier molecular flexibility index (Phi) is 24.6. The van der Waals surface area contributed by atoms with Crippen molar-refractivity contribution in [3.05, 3.63) is 263 Å². The summed E-state index contributed by atoms with van der Waals surface area (Å²) in [5.74, 6) is -5.42. The van der Waals surface area contributed by atoms with Crippen molar-refractivity contribution in [2.45, 2.75) is 87.9 Å². The first-order valence-corrected chi connectivity index (χ1v) is 35.8. The molecule has 0 saturated carbocycles. The zero-order valence-electron chi connectivity index (χ0n) is 56.6. The van der Waals surface area contributed by atoms with Crippen LogP contribution in [0.5, 0.6) is 0 Å². The Labute approximate surface area is 612 Å². The lowest BCUT2D eigenvalue weighted by molar-refractivity contribution is -0.138. The summed E-state index contributed by atoms with van der Waals surface area (Å²) in [6, 6.07) is 27.4. The van der Waals surface area contributed by atoms with Crippen molar-refractivity contribution in [1.29, 1.82) is 0 Å². The normalized spacial score (nSPS) is 12.6. The Bertz CT molecular complexity index is 4820. The number of halogens is 12. The summed E-state index contributed by atoms with van der Waals surface area (Å²) in [7, 11) is -6.63. The number of benzene rings is 6. The van der Waals surface area contributed by atoms with Crippen LogP contribution in [0.2, 0.25) is 0 Å². The van der Waals surface area contributed by atoms with Crippen molar-refractivity contribution in [2.75, 3.05) is 55.2 Å². The Morgan fingerprint density at radius 2 is 0.602 bits per heavy atom. The maximum Gasteiger partial charge on any atom is 0.416 e. The predicted octanol–water partition coefficient (Wildman–Crippen LogP) is 11.9. The minimum atomic E-state index is -4.85. The maximum atomic E-state index is 14.1. The second kappa shape index (κ2) is 33.6. The van der Waals surface area contributed by atoms with Gasteiger partial charge >= 0.3 is 18.5 Å². The van der Waals surface area contributed by atoms with E-state index in [1.165, 1.54) is 75.4 Å². The van der Waals surface area contributed by atoms with Crippen molar-refractivity contribution in [3.8, 4) is 17.1 Å². The second-order valence-electron chi connectivity index (χ2n) is 23.7. The van der Waals surface area contributed by atoms with Crippen LogP contribution in [0.1, 0.15) is 84.1 Å². The molecule has 3 atom stereocenters. The van der Waals surface area contributed by atoms with Crippen molar-refractivity contribution in [1.82, 2.24) is 44.6 Å². The van der Waals surface area contributed by atoms with Crippen LogP contribution < -0.4 is 48.6 Å². The number of aromatic nitrogens is 6. The van der Waals surface area contributed by atoms with E-state index >= 15 is 0 Å². The van der Waals surface area contributed by atoms with Crippen LogP contribution in [-0.4, -0.2) is 98.3 Å². The third-order valence-electron chi connectivity index (χ3n) is 16.3. The molecule has 10 aromatic rings. The number of alkyl halides is 9. The molecule has 6 aromatic carbocycles. The zero-order chi connectivity index (χ0) is 78.1. The van der Waals surface area contributed by atoms with Gasteiger partial charge in [-0.3, -0.25) is 42.5 Å². The maximum absolute atomic E-state index is 14.1. The first kappa shape index (κ1) is 79.2. The van der Waals surface area contributed by atoms with Gasteiger partial charge < -0.3 is 31.9 Å². The van der Waals surface area contributed by atoms with Crippen molar-refractivity contribution < 1.29 is 79.7 Å². The average molecular weight is 1560 g/mol. The third kappa shape index (κ3) is 18.7. The summed E-state index contributed by atoms with van der Waals surface area (Å²) in [5, 5.41) is 16.6. The van der Waals surface area contributed by atoms with Gasteiger partial charge in [0.1, 0.15) is 34.1 Å². The van der Waals surface area contributed by atoms with E-state index in [4.69, 9.17) is 0 Å². The summed E-state index contributed by atoms with van der Waals surface area (Å²) < 4.78 is 212. The Morgan fingerprint density at radius 1 is 0.361 bits per heavy atom. The number of hydrogen-bond acceptors (Lipinski definition) is 15. The number of carbonyl (C=O) groups excluding carboxylic acids is 3. The molecule has 3 amide bonds. The summed E-state index contributed by atoms with van der Waals surface area (Å²) >= 11 is 0. The minimum Gasteiger partial charge on any atom is -0.354 e. The molecule has 4 aromatic heterocycles. The molecule has 108 heavy (non-hydrogen) atoms. The van der Waals surface area contributed by atoms with Gasteiger partial charge in [-0.2, -0.15) is 54.5 Å². The molecular weight excluding hydrogens is 1500 g/mol. The molecule has 0 aliphatic heterocycles. The average Bonchev–Trinajstić information content (AvgIpc) is 0.774. The topological polar surface area (TPSA) is 279 Å². The number of anilines is 3. The highest BCUT2D eigenvalue weighted by Crippen LogP contribution is 2.35. The summed E-state index contributed by atoms with van der Waals surface area (Å²) in [4.78, 5) is 97.0. The number of pyridine rings is 3. The molecule has 0 saturated heterocycles. The van der Waals surface area contributed by atoms with Gasteiger partial charge in [0.25, 0.3) is 34.4 Å². The number of amides is 3. The van der Waals surface area contributed by atoms with Crippen LogP contribution >= 0.6 is 0 Å². The molecule has 0 aliphatic rings. The first-order valence-electron chi connectivity index (χ1n) is 32.4. The van der Waals surface area contributed by atoms with E-state index in [-0.39, 0.29) is 140 Å². The van der Waals surface area contributed by atoms with Crippen molar-refractivity contribution in [3.63, 3.8) is 0 Å². The van der Waals surface area contributed by atoms with Crippen LogP contribution in [-0.2, 0) is 50.9 Å². The monoisotopic (exact) mass is 1560 g/mol. The van der Waals surface area contributed by atoms with Crippen molar-refractivity contribution in [2.24, 2.45) is 0 Å².